The van der Waals surface area contributed by atoms with E-state index in [9.17, 15) is 9.59 Å². The topological polar surface area (TPSA) is 81.4 Å². The summed E-state index contributed by atoms with van der Waals surface area (Å²) in [6.45, 7) is 6.11. The molecule has 1 saturated carbocycles. The third-order valence-electron chi connectivity index (χ3n) is 4.40. The number of nitrogens with two attached hydrogens (primary N) is 1. The highest BCUT2D eigenvalue weighted by molar-refractivity contribution is 5.86. The standard InChI is InChI=1S/C15H28N2O3/c1-4-15(16,5-2)14(19)17-12-9-7-11(8-10-12)13(18)20-6-3/h11-12H,4-10,16H2,1-3H3,(H,17,19). The molecule has 0 saturated heterocycles. The minimum absolute atomic E-state index is 0.0110. The molecule has 0 unspecified atom stereocenters. The molecule has 0 spiro atoms. The smallest absolute Gasteiger partial charge is 0.308 e. The number of nitrogens with one attached hydrogen (secondary N) is 1. The number of hydrogen-bond donors (Lipinski definition) is 2. The number of amides is 1. The summed E-state index contributed by atoms with van der Waals surface area (Å²) >= 11 is 0. The van der Waals surface area contributed by atoms with E-state index in [0.29, 0.717) is 19.4 Å². The number of ether oxygens (including phenoxy) is 1. The maximum atomic E-state index is 12.2. The van der Waals surface area contributed by atoms with E-state index in [1.54, 1.807) is 0 Å². The van der Waals surface area contributed by atoms with Crippen LogP contribution in [0.15, 0.2) is 0 Å². The zero-order valence-electron chi connectivity index (χ0n) is 12.9. The molecule has 3 N–H and O–H groups in total. The van der Waals surface area contributed by atoms with E-state index in [2.05, 4.69) is 5.32 Å². The summed E-state index contributed by atoms with van der Waals surface area (Å²) in [4.78, 5) is 23.8. The summed E-state index contributed by atoms with van der Waals surface area (Å²) in [7, 11) is 0. The lowest BCUT2D eigenvalue weighted by Crippen LogP contribution is -2.56. The first-order chi connectivity index (χ1) is 9.46. The van der Waals surface area contributed by atoms with Crippen LogP contribution in [-0.4, -0.2) is 30.1 Å². The number of rotatable bonds is 6. The van der Waals surface area contributed by atoms with Gasteiger partial charge in [-0.3, -0.25) is 9.59 Å². The molecule has 5 nitrogen and oxygen atoms in total. The van der Waals surface area contributed by atoms with Crippen molar-refractivity contribution in [3.8, 4) is 0 Å². The van der Waals surface area contributed by atoms with E-state index in [-0.39, 0.29) is 23.8 Å². The molecular formula is C15H28N2O3. The van der Waals surface area contributed by atoms with E-state index in [1.165, 1.54) is 0 Å². The Balaban J connectivity index is 2.43. The van der Waals surface area contributed by atoms with E-state index >= 15 is 0 Å². The summed E-state index contributed by atoms with van der Waals surface area (Å²) in [5.41, 5.74) is 5.32. The van der Waals surface area contributed by atoms with Gasteiger partial charge in [0.1, 0.15) is 0 Å². The lowest BCUT2D eigenvalue weighted by molar-refractivity contribution is -0.149. The van der Waals surface area contributed by atoms with Crippen LogP contribution in [0.25, 0.3) is 0 Å². The van der Waals surface area contributed by atoms with Crippen LogP contribution in [0, 0.1) is 5.92 Å². The third-order valence-corrected chi connectivity index (χ3v) is 4.40. The average Bonchev–Trinajstić information content (AvgIpc) is 2.47. The van der Waals surface area contributed by atoms with Crippen LogP contribution in [0.1, 0.15) is 59.3 Å². The van der Waals surface area contributed by atoms with Crippen LogP contribution in [0.2, 0.25) is 0 Å². The average molecular weight is 284 g/mol. The van der Waals surface area contributed by atoms with E-state index < -0.39 is 5.54 Å². The van der Waals surface area contributed by atoms with Gasteiger partial charge in [-0.1, -0.05) is 13.8 Å². The molecule has 5 heteroatoms. The number of esters is 1. The van der Waals surface area contributed by atoms with Crippen LogP contribution in [0.5, 0.6) is 0 Å². The zero-order valence-corrected chi connectivity index (χ0v) is 12.9. The maximum absolute atomic E-state index is 12.2. The van der Waals surface area contributed by atoms with Gasteiger partial charge in [-0.2, -0.15) is 0 Å². The van der Waals surface area contributed by atoms with Crippen molar-refractivity contribution in [2.24, 2.45) is 11.7 Å². The summed E-state index contributed by atoms with van der Waals surface area (Å²) in [5.74, 6) is -0.183. The van der Waals surface area contributed by atoms with Crippen molar-refractivity contribution in [3.05, 3.63) is 0 Å². The normalized spacial score (nSPS) is 23.2. The molecule has 20 heavy (non-hydrogen) atoms. The fraction of sp³-hybridized carbons (Fsp3) is 0.867. The molecular weight excluding hydrogens is 256 g/mol. The number of carbonyl (C=O) groups is 2. The van der Waals surface area contributed by atoms with Crippen LogP contribution in [-0.2, 0) is 14.3 Å². The van der Waals surface area contributed by atoms with Crippen molar-refractivity contribution in [1.29, 1.82) is 0 Å². The first-order valence-corrected chi connectivity index (χ1v) is 7.73. The highest BCUT2D eigenvalue weighted by Gasteiger charge is 2.33. The molecule has 1 rings (SSSR count). The summed E-state index contributed by atoms with van der Waals surface area (Å²) in [6, 6.07) is 0.134. The predicted molar refractivity (Wildman–Crippen MR) is 78.0 cm³/mol. The van der Waals surface area contributed by atoms with Crippen molar-refractivity contribution >= 4 is 11.9 Å². The van der Waals surface area contributed by atoms with E-state index in [0.717, 1.165) is 25.7 Å². The van der Waals surface area contributed by atoms with E-state index in [1.807, 2.05) is 20.8 Å². The second-order valence-corrected chi connectivity index (χ2v) is 5.64. The lowest BCUT2D eigenvalue weighted by Gasteiger charge is -2.32. The Morgan fingerprint density at radius 3 is 2.15 bits per heavy atom. The van der Waals surface area contributed by atoms with Gasteiger partial charge in [-0.25, -0.2) is 0 Å². The summed E-state index contributed by atoms with van der Waals surface area (Å²) < 4.78 is 5.04. The van der Waals surface area contributed by atoms with Gasteiger partial charge in [-0.15, -0.1) is 0 Å². The SMILES string of the molecule is CCOC(=O)C1CCC(NC(=O)C(N)(CC)CC)CC1. The molecule has 1 fully saturated rings. The molecule has 0 atom stereocenters. The Labute approximate surface area is 121 Å². The van der Waals surface area contributed by atoms with Gasteiger partial charge in [0.2, 0.25) is 5.91 Å². The molecule has 0 radical (unpaired) electrons. The Morgan fingerprint density at radius 2 is 1.70 bits per heavy atom. The molecule has 116 valence electrons. The van der Waals surface area contributed by atoms with Crippen molar-refractivity contribution < 1.29 is 14.3 Å². The summed E-state index contributed by atoms with van der Waals surface area (Å²) in [6.07, 6.45) is 4.46. The van der Waals surface area contributed by atoms with Gasteiger partial charge in [0.25, 0.3) is 0 Å². The second-order valence-electron chi connectivity index (χ2n) is 5.64. The minimum atomic E-state index is -0.766. The molecule has 1 aliphatic rings. The van der Waals surface area contributed by atoms with Crippen LogP contribution >= 0.6 is 0 Å². The number of hydrogen-bond acceptors (Lipinski definition) is 4. The van der Waals surface area contributed by atoms with Crippen molar-refractivity contribution in [2.45, 2.75) is 70.9 Å². The highest BCUT2D eigenvalue weighted by Crippen LogP contribution is 2.26. The van der Waals surface area contributed by atoms with Crippen molar-refractivity contribution in [1.82, 2.24) is 5.32 Å². The fourth-order valence-corrected chi connectivity index (χ4v) is 2.63. The van der Waals surface area contributed by atoms with Gasteiger partial charge < -0.3 is 15.8 Å². The van der Waals surface area contributed by atoms with Gasteiger partial charge in [0.15, 0.2) is 0 Å². The molecule has 0 bridgehead atoms. The number of carbonyl (C=O) groups excluding carboxylic acids is 2. The lowest BCUT2D eigenvalue weighted by atomic mass is 9.85. The monoisotopic (exact) mass is 284 g/mol. The highest BCUT2D eigenvalue weighted by atomic mass is 16.5. The van der Waals surface area contributed by atoms with Crippen LogP contribution in [0.3, 0.4) is 0 Å². The first-order valence-electron chi connectivity index (χ1n) is 7.73. The molecule has 1 amide bonds. The van der Waals surface area contributed by atoms with Gasteiger partial charge in [-0.05, 0) is 45.4 Å². The van der Waals surface area contributed by atoms with Gasteiger partial charge in [0.05, 0.1) is 18.1 Å². The van der Waals surface area contributed by atoms with Gasteiger partial charge in [0, 0.05) is 6.04 Å². The fourth-order valence-electron chi connectivity index (χ4n) is 2.63. The predicted octanol–water partition coefficient (Wildman–Crippen LogP) is 1.74. The largest absolute Gasteiger partial charge is 0.466 e. The molecule has 0 aromatic rings. The Morgan fingerprint density at radius 1 is 1.15 bits per heavy atom. The van der Waals surface area contributed by atoms with E-state index in [4.69, 9.17) is 10.5 Å². The first kappa shape index (κ1) is 17.0. The van der Waals surface area contributed by atoms with Crippen LogP contribution in [0.4, 0.5) is 0 Å². The second kappa shape index (κ2) is 7.62. The minimum Gasteiger partial charge on any atom is -0.466 e. The molecule has 0 aromatic carbocycles. The molecule has 0 aliphatic heterocycles. The maximum Gasteiger partial charge on any atom is 0.308 e. The zero-order chi connectivity index (χ0) is 15.2. The molecule has 0 aromatic heterocycles. The van der Waals surface area contributed by atoms with Gasteiger partial charge >= 0.3 is 5.97 Å². The summed E-state index contributed by atoms with van der Waals surface area (Å²) in [5, 5.41) is 3.04. The van der Waals surface area contributed by atoms with Crippen molar-refractivity contribution in [3.63, 3.8) is 0 Å². The Bertz CT molecular complexity index is 332. The Kier molecular flexibility index (Phi) is 6.46. The van der Waals surface area contributed by atoms with Crippen molar-refractivity contribution in [2.75, 3.05) is 6.61 Å². The molecule has 1 aliphatic carbocycles. The van der Waals surface area contributed by atoms with Crippen LogP contribution < -0.4 is 11.1 Å². The molecule has 0 heterocycles. The quantitative estimate of drug-likeness (QED) is 0.728. The Hall–Kier alpha value is -1.10. The third kappa shape index (κ3) is 4.20.